The molecule has 2 nitrogen and oxygen atoms in total. The van der Waals surface area contributed by atoms with Crippen LogP contribution in [0.4, 0.5) is 0 Å². The van der Waals surface area contributed by atoms with E-state index in [1.807, 2.05) is 30.3 Å². The van der Waals surface area contributed by atoms with Crippen molar-refractivity contribution in [2.75, 3.05) is 0 Å². The van der Waals surface area contributed by atoms with Gasteiger partial charge in [0.05, 0.1) is 6.26 Å². The zero-order valence-electron chi connectivity index (χ0n) is 17.4. The average molecular weight is 412 g/mol. The summed E-state index contributed by atoms with van der Waals surface area (Å²) in [5, 5.41) is 0. The first-order valence-corrected chi connectivity index (χ1v) is 10.6. The second kappa shape index (κ2) is 7.44. The van der Waals surface area contributed by atoms with E-state index >= 15 is 0 Å². The summed E-state index contributed by atoms with van der Waals surface area (Å²) in [7, 11) is 0. The molecule has 0 saturated carbocycles. The first-order chi connectivity index (χ1) is 15.7. The van der Waals surface area contributed by atoms with Crippen molar-refractivity contribution < 1.29 is 8.83 Å². The highest BCUT2D eigenvalue weighted by Crippen LogP contribution is 2.40. The van der Waals surface area contributed by atoms with Gasteiger partial charge in [-0.3, -0.25) is 0 Å². The van der Waals surface area contributed by atoms with Crippen LogP contribution in [0.3, 0.4) is 0 Å². The molecule has 0 fully saturated rings. The van der Waals surface area contributed by atoms with Crippen molar-refractivity contribution in [2.45, 2.75) is 0 Å². The van der Waals surface area contributed by atoms with Gasteiger partial charge in [-0.15, -0.1) is 0 Å². The molecule has 0 aliphatic heterocycles. The molecule has 0 radical (unpaired) electrons. The van der Waals surface area contributed by atoms with Crippen LogP contribution in [0.15, 0.2) is 113 Å². The third kappa shape index (κ3) is 3.23. The van der Waals surface area contributed by atoms with E-state index in [2.05, 4.69) is 79.4 Å². The number of rotatable bonds is 3. The van der Waals surface area contributed by atoms with Crippen molar-refractivity contribution in [1.29, 1.82) is 0 Å². The van der Waals surface area contributed by atoms with Gasteiger partial charge in [0.1, 0.15) is 16.6 Å². The minimum atomic E-state index is 0.764. The van der Waals surface area contributed by atoms with E-state index in [0.717, 1.165) is 27.7 Å². The van der Waals surface area contributed by atoms with Gasteiger partial charge in [0.25, 0.3) is 0 Å². The van der Waals surface area contributed by atoms with Crippen LogP contribution < -0.4 is 10.8 Å². The SMILES string of the molecule is C=C1C=C(/C=C2C=C(/C=c3/cc/c(=C/c4ccco4)o3)c3ccccc3\2)c2ccccc21. The van der Waals surface area contributed by atoms with Crippen molar-refractivity contribution in [3.05, 3.63) is 143 Å². The van der Waals surface area contributed by atoms with Gasteiger partial charge >= 0.3 is 0 Å². The third-order valence-electron chi connectivity index (χ3n) is 5.86. The van der Waals surface area contributed by atoms with Gasteiger partial charge in [-0.2, -0.15) is 0 Å². The Hall–Kier alpha value is -4.30. The Balaban J connectivity index is 1.42. The van der Waals surface area contributed by atoms with Crippen LogP contribution in [0.5, 0.6) is 0 Å². The molecule has 0 atom stereocenters. The number of allylic oxidation sites excluding steroid dienone is 7. The summed E-state index contributed by atoms with van der Waals surface area (Å²) in [5.41, 5.74) is 11.0. The molecule has 2 aromatic carbocycles. The Morgan fingerprint density at radius 2 is 1.25 bits per heavy atom. The molecule has 0 amide bonds. The van der Waals surface area contributed by atoms with Crippen LogP contribution in [0.1, 0.15) is 28.0 Å². The maximum atomic E-state index is 6.01. The molecule has 6 rings (SSSR count). The molecular weight excluding hydrogens is 392 g/mol. The van der Waals surface area contributed by atoms with Crippen molar-refractivity contribution in [2.24, 2.45) is 0 Å². The van der Waals surface area contributed by atoms with E-state index in [0.29, 0.717) is 0 Å². The van der Waals surface area contributed by atoms with Gasteiger partial charge < -0.3 is 8.83 Å². The maximum absolute atomic E-state index is 6.01. The highest BCUT2D eigenvalue weighted by atomic mass is 16.3. The summed E-state index contributed by atoms with van der Waals surface area (Å²) in [6.45, 7) is 4.21. The smallest absolute Gasteiger partial charge is 0.131 e. The summed E-state index contributed by atoms with van der Waals surface area (Å²) < 4.78 is 11.4. The molecule has 152 valence electrons. The molecule has 0 unspecified atom stereocenters. The molecule has 2 aromatic heterocycles. The molecule has 0 bridgehead atoms. The lowest BCUT2D eigenvalue weighted by molar-refractivity contribution is 0.498. The Labute approximate surface area is 186 Å². The fourth-order valence-electron chi connectivity index (χ4n) is 4.38. The quantitative estimate of drug-likeness (QED) is 0.408. The van der Waals surface area contributed by atoms with Crippen molar-refractivity contribution in [3.63, 3.8) is 0 Å². The second-order valence-corrected chi connectivity index (χ2v) is 7.96. The molecule has 2 aliphatic carbocycles. The van der Waals surface area contributed by atoms with Gasteiger partial charge in [-0.25, -0.2) is 0 Å². The van der Waals surface area contributed by atoms with Crippen LogP contribution in [-0.4, -0.2) is 0 Å². The first-order valence-electron chi connectivity index (χ1n) is 10.6. The summed E-state index contributed by atoms with van der Waals surface area (Å²) in [6.07, 6.45) is 12.3. The van der Waals surface area contributed by atoms with Crippen LogP contribution in [0.25, 0.3) is 34.4 Å². The lowest BCUT2D eigenvalue weighted by Gasteiger charge is -2.04. The Morgan fingerprint density at radius 1 is 0.594 bits per heavy atom. The van der Waals surface area contributed by atoms with Gasteiger partial charge in [-0.1, -0.05) is 55.1 Å². The third-order valence-corrected chi connectivity index (χ3v) is 5.86. The number of furan rings is 2. The van der Waals surface area contributed by atoms with Crippen LogP contribution in [0.2, 0.25) is 0 Å². The normalized spacial score (nSPS) is 17.0. The average Bonchev–Trinajstić information content (AvgIpc) is 3.60. The van der Waals surface area contributed by atoms with E-state index in [9.17, 15) is 0 Å². The number of benzene rings is 2. The van der Waals surface area contributed by atoms with Gasteiger partial charge in [0, 0.05) is 6.08 Å². The number of hydrogen-bond acceptors (Lipinski definition) is 2. The minimum Gasteiger partial charge on any atom is -0.465 e. The maximum Gasteiger partial charge on any atom is 0.131 e. The van der Waals surface area contributed by atoms with Gasteiger partial charge in [0.15, 0.2) is 0 Å². The molecule has 4 aromatic rings. The molecule has 0 saturated heterocycles. The van der Waals surface area contributed by atoms with Crippen LogP contribution in [-0.2, 0) is 0 Å². The standard InChI is InChI=1S/C30H20O2/c1-20-15-21(28-9-3-2-8-27(20)28)16-22-17-23(30-11-5-4-10-29(22)30)18-25-12-13-26(32-25)19-24-7-6-14-31-24/h2-19H,1H2/b22-16+,25-18-,26-19-. The number of hydrogen-bond donors (Lipinski definition) is 0. The van der Waals surface area contributed by atoms with Crippen molar-refractivity contribution in [3.8, 4) is 0 Å². The zero-order valence-corrected chi connectivity index (χ0v) is 17.4. The molecule has 0 spiro atoms. The summed E-state index contributed by atoms with van der Waals surface area (Å²) in [5.74, 6) is 0.772. The largest absolute Gasteiger partial charge is 0.465 e. The van der Waals surface area contributed by atoms with Crippen molar-refractivity contribution >= 4 is 34.4 Å². The monoisotopic (exact) mass is 412 g/mol. The topological polar surface area (TPSA) is 26.3 Å². The lowest BCUT2D eigenvalue weighted by atomic mass is 10.00. The fraction of sp³-hybridized carbons (Fsp3) is 0. The summed E-state index contributed by atoms with van der Waals surface area (Å²) in [6, 6.07) is 24.6. The fourth-order valence-corrected chi connectivity index (χ4v) is 4.38. The molecule has 0 N–H and O–H groups in total. The summed E-state index contributed by atoms with van der Waals surface area (Å²) in [4.78, 5) is 0. The Morgan fingerprint density at radius 3 is 2.00 bits per heavy atom. The van der Waals surface area contributed by atoms with E-state index in [-0.39, 0.29) is 0 Å². The van der Waals surface area contributed by atoms with Gasteiger partial charge in [-0.05, 0) is 93.1 Å². The predicted octanol–water partition coefficient (Wildman–Crippen LogP) is 6.07. The zero-order chi connectivity index (χ0) is 21.5. The minimum absolute atomic E-state index is 0.764. The Bertz CT molecular complexity index is 1570. The van der Waals surface area contributed by atoms with E-state index in [1.54, 1.807) is 6.26 Å². The molecule has 32 heavy (non-hydrogen) atoms. The van der Waals surface area contributed by atoms with Crippen molar-refractivity contribution in [1.82, 2.24) is 0 Å². The van der Waals surface area contributed by atoms with E-state index in [4.69, 9.17) is 8.83 Å². The highest BCUT2D eigenvalue weighted by molar-refractivity contribution is 6.09. The van der Waals surface area contributed by atoms with E-state index < -0.39 is 0 Å². The lowest BCUT2D eigenvalue weighted by Crippen LogP contribution is -1.99. The second-order valence-electron chi connectivity index (χ2n) is 7.96. The highest BCUT2D eigenvalue weighted by Gasteiger charge is 2.20. The molecular formula is C30H20O2. The van der Waals surface area contributed by atoms with Crippen LogP contribution >= 0.6 is 0 Å². The first kappa shape index (κ1) is 18.5. The number of fused-ring (bicyclic) bond motifs is 2. The molecule has 2 heteroatoms. The van der Waals surface area contributed by atoms with Crippen LogP contribution in [0, 0.1) is 0 Å². The molecule has 2 heterocycles. The summed E-state index contributed by atoms with van der Waals surface area (Å²) >= 11 is 0. The van der Waals surface area contributed by atoms with Gasteiger partial charge in [0.2, 0.25) is 0 Å². The predicted molar refractivity (Wildman–Crippen MR) is 131 cm³/mol. The Kier molecular flexibility index (Phi) is 4.29. The molecule has 2 aliphatic rings. The van der Waals surface area contributed by atoms with E-state index in [1.165, 1.54) is 33.4 Å².